The third kappa shape index (κ3) is 4.79. The van der Waals surface area contributed by atoms with Gasteiger partial charge in [0.05, 0.1) is 17.6 Å². The second-order valence-corrected chi connectivity index (χ2v) is 6.59. The third-order valence-corrected chi connectivity index (χ3v) is 4.64. The number of anilines is 1. The Morgan fingerprint density at radius 2 is 1.90 bits per heavy atom. The first kappa shape index (κ1) is 19.7. The molecule has 0 aliphatic heterocycles. The maximum Gasteiger partial charge on any atom is 0.269 e. The molecule has 0 atom stereocenters. The molecule has 0 aliphatic carbocycles. The zero-order valence-electron chi connectivity index (χ0n) is 15.0. The number of nitrogens with zero attached hydrogens (tertiary/aromatic N) is 4. The van der Waals surface area contributed by atoms with E-state index in [1.165, 1.54) is 24.3 Å². The van der Waals surface area contributed by atoms with Gasteiger partial charge in [-0.05, 0) is 35.9 Å². The van der Waals surface area contributed by atoms with Gasteiger partial charge in [-0.25, -0.2) is 0 Å². The molecule has 0 aliphatic rings. The van der Waals surface area contributed by atoms with Crippen molar-refractivity contribution in [2.75, 3.05) is 12.4 Å². The number of hydrogen-bond donors (Lipinski definition) is 1. The van der Waals surface area contributed by atoms with E-state index < -0.39 is 10.8 Å². The van der Waals surface area contributed by atoms with Crippen LogP contribution in [-0.2, 0) is 0 Å². The third-order valence-electron chi connectivity index (χ3n) is 3.76. The molecule has 0 saturated heterocycles. The number of aromatic nitrogens is 2. The van der Waals surface area contributed by atoms with Crippen molar-refractivity contribution in [3.05, 3.63) is 74.8 Å². The first-order valence-corrected chi connectivity index (χ1v) is 8.97. The van der Waals surface area contributed by atoms with Gasteiger partial charge in [0.25, 0.3) is 11.6 Å². The highest BCUT2D eigenvalue weighted by molar-refractivity contribution is 7.16. The minimum Gasteiger partial charge on any atom is -0.497 e. The lowest BCUT2D eigenvalue weighted by molar-refractivity contribution is -0.384. The lowest BCUT2D eigenvalue weighted by Gasteiger charge is -2.00. The maximum atomic E-state index is 12.3. The summed E-state index contributed by atoms with van der Waals surface area (Å²) in [4.78, 5) is 22.4. The monoisotopic (exact) mass is 407 g/mol. The molecule has 1 aromatic heterocycles. The van der Waals surface area contributed by atoms with E-state index in [9.17, 15) is 20.2 Å². The van der Waals surface area contributed by atoms with Crippen LogP contribution in [0.5, 0.6) is 5.75 Å². The molecule has 2 aromatic carbocycles. The van der Waals surface area contributed by atoms with Gasteiger partial charge in [0, 0.05) is 17.7 Å². The molecule has 1 heterocycles. The van der Waals surface area contributed by atoms with E-state index in [-0.39, 0.29) is 16.4 Å². The summed E-state index contributed by atoms with van der Waals surface area (Å²) in [5, 5.41) is 31.1. The van der Waals surface area contributed by atoms with E-state index in [1.54, 1.807) is 37.5 Å². The quantitative estimate of drug-likeness (QED) is 0.374. The Hall–Kier alpha value is -4.10. The van der Waals surface area contributed by atoms with Crippen LogP contribution in [0.25, 0.3) is 11.6 Å². The molecule has 3 aromatic rings. The largest absolute Gasteiger partial charge is 0.497 e. The molecule has 9 nitrogen and oxygen atoms in total. The van der Waals surface area contributed by atoms with Crippen LogP contribution >= 0.6 is 11.3 Å². The Morgan fingerprint density at radius 1 is 1.21 bits per heavy atom. The molecule has 10 heteroatoms. The fraction of sp³-hybridized carbons (Fsp3) is 0.0526. The van der Waals surface area contributed by atoms with Gasteiger partial charge in [-0.15, -0.1) is 10.2 Å². The molecular weight excluding hydrogens is 394 g/mol. The average Bonchev–Trinajstić information content (AvgIpc) is 3.20. The minimum atomic E-state index is -0.544. The predicted octanol–water partition coefficient (Wildman–Crippen LogP) is 3.77. The zero-order valence-corrected chi connectivity index (χ0v) is 15.8. The van der Waals surface area contributed by atoms with Gasteiger partial charge in [0.1, 0.15) is 11.8 Å². The second-order valence-electron chi connectivity index (χ2n) is 5.61. The number of allylic oxidation sites excluding steroid dienone is 1. The maximum absolute atomic E-state index is 12.3. The Bertz CT molecular complexity index is 1110. The number of methoxy groups -OCH3 is 1. The molecule has 1 amide bonds. The summed E-state index contributed by atoms with van der Waals surface area (Å²) in [5.74, 6) is 0.216. The molecule has 29 heavy (non-hydrogen) atoms. The van der Waals surface area contributed by atoms with Crippen molar-refractivity contribution in [2.45, 2.75) is 0 Å². The summed E-state index contributed by atoms with van der Waals surface area (Å²) in [6.07, 6.45) is 1.65. The van der Waals surface area contributed by atoms with Crippen molar-refractivity contribution < 1.29 is 14.5 Å². The number of nitro benzene ring substituents is 1. The first-order valence-electron chi connectivity index (χ1n) is 8.15. The summed E-state index contributed by atoms with van der Waals surface area (Å²) in [6.45, 7) is 0. The van der Waals surface area contributed by atoms with Crippen LogP contribution in [-0.4, -0.2) is 28.1 Å². The second kappa shape index (κ2) is 8.73. The van der Waals surface area contributed by atoms with Crippen molar-refractivity contribution in [3.8, 4) is 11.8 Å². The first-order chi connectivity index (χ1) is 14.0. The van der Waals surface area contributed by atoms with Gasteiger partial charge in [-0.3, -0.25) is 20.2 Å². The molecule has 0 fully saturated rings. The highest BCUT2D eigenvalue weighted by Gasteiger charge is 2.14. The van der Waals surface area contributed by atoms with E-state index in [0.717, 1.165) is 16.9 Å². The smallest absolute Gasteiger partial charge is 0.269 e. The van der Waals surface area contributed by atoms with Gasteiger partial charge in [0.15, 0.2) is 5.01 Å². The SMILES string of the molecule is COc1ccc(C=C(C#N)c2nnc(NC(=O)c3ccc([N+](=O)[O-])cc3)s2)cc1. The molecular formula is C19H13N5O4S. The van der Waals surface area contributed by atoms with E-state index >= 15 is 0 Å². The number of hydrogen-bond acceptors (Lipinski definition) is 8. The van der Waals surface area contributed by atoms with Crippen LogP contribution in [0.2, 0.25) is 0 Å². The molecule has 3 rings (SSSR count). The zero-order chi connectivity index (χ0) is 20.8. The predicted molar refractivity (Wildman–Crippen MR) is 107 cm³/mol. The van der Waals surface area contributed by atoms with Gasteiger partial charge in [-0.2, -0.15) is 5.26 Å². The van der Waals surface area contributed by atoms with Crippen LogP contribution in [0.1, 0.15) is 20.9 Å². The van der Waals surface area contributed by atoms with Crippen LogP contribution < -0.4 is 10.1 Å². The highest BCUT2D eigenvalue weighted by Crippen LogP contribution is 2.25. The fourth-order valence-corrected chi connectivity index (χ4v) is 3.00. The topological polar surface area (TPSA) is 131 Å². The van der Waals surface area contributed by atoms with E-state index in [1.807, 2.05) is 0 Å². The van der Waals surface area contributed by atoms with Crippen molar-refractivity contribution in [1.82, 2.24) is 10.2 Å². The number of nitrogens with one attached hydrogen (secondary N) is 1. The molecule has 0 spiro atoms. The van der Waals surface area contributed by atoms with E-state index in [4.69, 9.17) is 4.74 Å². The molecule has 0 saturated carbocycles. The molecule has 144 valence electrons. The van der Waals surface area contributed by atoms with Gasteiger partial charge in [-0.1, -0.05) is 23.5 Å². The van der Waals surface area contributed by atoms with Crippen molar-refractivity contribution in [2.24, 2.45) is 0 Å². The van der Waals surface area contributed by atoms with Gasteiger partial charge >= 0.3 is 0 Å². The summed E-state index contributed by atoms with van der Waals surface area (Å²) in [6, 6.07) is 14.4. The summed E-state index contributed by atoms with van der Waals surface area (Å²) >= 11 is 1.05. The molecule has 0 radical (unpaired) electrons. The summed E-state index contributed by atoms with van der Waals surface area (Å²) in [5.41, 5.74) is 1.21. The Morgan fingerprint density at radius 3 is 2.48 bits per heavy atom. The van der Waals surface area contributed by atoms with Gasteiger partial charge in [0.2, 0.25) is 5.13 Å². The summed E-state index contributed by atoms with van der Waals surface area (Å²) in [7, 11) is 1.57. The van der Waals surface area contributed by atoms with Crippen LogP contribution in [0.15, 0.2) is 48.5 Å². The molecule has 0 bridgehead atoms. The lowest BCUT2D eigenvalue weighted by Crippen LogP contribution is -2.11. The number of ether oxygens (including phenoxy) is 1. The van der Waals surface area contributed by atoms with Crippen molar-refractivity contribution in [3.63, 3.8) is 0 Å². The number of rotatable bonds is 6. The van der Waals surface area contributed by atoms with E-state index in [0.29, 0.717) is 16.3 Å². The Kier molecular flexibility index (Phi) is 5.91. The number of benzene rings is 2. The normalized spacial score (nSPS) is 10.8. The number of nitriles is 1. The van der Waals surface area contributed by atoms with Gasteiger partial charge < -0.3 is 4.74 Å². The van der Waals surface area contributed by atoms with Crippen LogP contribution in [0.3, 0.4) is 0 Å². The number of amides is 1. The van der Waals surface area contributed by atoms with E-state index in [2.05, 4.69) is 21.6 Å². The minimum absolute atomic E-state index is 0.109. The average molecular weight is 407 g/mol. The fourth-order valence-electron chi connectivity index (χ4n) is 2.30. The lowest BCUT2D eigenvalue weighted by atomic mass is 10.1. The standard InChI is InChI=1S/C19H13N5O4S/c1-28-16-8-2-12(3-9-16)10-14(11-20)18-22-23-19(29-18)21-17(25)13-4-6-15(7-5-13)24(26)27/h2-10H,1H3,(H,21,23,25). The molecule has 0 unspecified atom stereocenters. The van der Waals surface area contributed by atoms with Crippen molar-refractivity contribution in [1.29, 1.82) is 5.26 Å². The number of carbonyl (C=O) groups excluding carboxylic acids is 1. The molecule has 1 N–H and O–H groups in total. The highest BCUT2D eigenvalue weighted by atomic mass is 32.1. The van der Waals surface area contributed by atoms with Crippen molar-refractivity contribution >= 4 is 39.7 Å². The van der Waals surface area contributed by atoms with Crippen LogP contribution in [0.4, 0.5) is 10.8 Å². The number of carbonyl (C=O) groups is 1. The van der Waals surface area contributed by atoms with Crippen LogP contribution in [0, 0.1) is 21.4 Å². The number of nitro groups is 1. The Balaban J connectivity index is 1.74. The number of non-ortho nitro benzene ring substituents is 1. The Labute approximate surface area is 169 Å². The summed E-state index contributed by atoms with van der Waals surface area (Å²) < 4.78 is 5.10.